The van der Waals surface area contributed by atoms with Crippen molar-refractivity contribution in [2.45, 2.75) is 46.0 Å². The molecule has 0 bridgehead atoms. The number of nitrogens with one attached hydrogen (secondary N) is 1. The van der Waals surface area contributed by atoms with Gasteiger partial charge in [-0.25, -0.2) is 0 Å². The van der Waals surface area contributed by atoms with Crippen LogP contribution in [0.3, 0.4) is 0 Å². The lowest BCUT2D eigenvalue weighted by atomic mass is 9.96. The van der Waals surface area contributed by atoms with Crippen LogP contribution in [0.4, 0.5) is 5.00 Å². The number of nitrogens with zero attached hydrogens (tertiary/aromatic N) is 1. The summed E-state index contributed by atoms with van der Waals surface area (Å²) in [6, 6.07) is 7.46. The average Bonchev–Trinajstić information content (AvgIpc) is 3.04. The van der Waals surface area contributed by atoms with Crippen LogP contribution in [0, 0.1) is 11.3 Å². The summed E-state index contributed by atoms with van der Waals surface area (Å²) in [4.78, 5) is 14.0. The Labute approximate surface area is 163 Å². The van der Waals surface area contributed by atoms with Crippen LogP contribution in [-0.2, 0) is 12.8 Å². The Hall–Kier alpha value is -2.52. The predicted molar refractivity (Wildman–Crippen MR) is 107 cm³/mol. The van der Waals surface area contributed by atoms with E-state index in [-0.39, 0.29) is 5.91 Å². The second kappa shape index (κ2) is 8.92. The van der Waals surface area contributed by atoms with E-state index < -0.39 is 0 Å². The second-order valence-electron chi connectivity index (χ2n) is 6.42. The highest BCUT2D eigenvalue weighted by molar-refractivity contribution is 7.16. The Balaban J connectivity index is 1.83. The fraction of sp³-hybridized carbons (Fsp3) is 0.429. The van der Waals surface area contributed by atoms with Crippen LogP contribution in [-0.4, -0.2) is 19.1 Å². The standard InChI is InChI=1S/C21H24N2O3S/c1-3-11-26-17-10-9-14(12-18(17)25-4-2)20(24)23-21-16(13-22)15-7-5-6-8-19(15)27-21/h9-10,12H,3-8,11H2,1-2H3,(H,23,24). The number of fused-ring (bicyclic) bond motifs is 1. The largest absolute Gasteiger partial charge is 0.490 e. The van der Waals surface area contributed by atoms with Gasteiger partial charge in [-0.1, -0.05) is 6.92 Å². The summed E-state index contributed by atoms with van der Waals surface area (Å²) >= 11 is 1.53. The first-order valence-electron chi connectivity index (χ1n) is 9.43. The Morgan fingerprint density at radius 3 is 2.78 bits per heavy atom. The van der Waals surface area contributed by atoms with Crippen molar-refractivity contribution in [2.24, 2.45) is 0 Å². The minimum absolute atomic E-state index is 0.243. The highest BCUT2D eigenvalue weighted by atomic mass is 32.1. The fourth-order valence-corrected chi connectivity index (χ4v) is 4.43. The van der Waals surface area contributed by atoms with E-state index in [1.54, 1.807) is 18.2 Å². The third kappa shape index (κ3) is 4.25. The van der Waals surface area contributed by atoms with Crippen molar-refractivity contribution in [1.82, 2.24) is 0 Å². The first kappa shape index (κ1) is 19.2. The monoisotopic (exact) mass is 384 g/mol. The molecule has 0 saturated carbocycles. The number of amides is 1. The van der Waals surface area contributed by atoms with Gasteiger partial charge in [0.05, 0.1) is 18.8 Å². The summed E-state index contributed by atoms with van der Waals surface area (Å²) in [7, 11) is 0. The number of carbonyl (C=O) groups excluding carboxylic acids is 1. The maximum atomic E-state index is 12.8. The normalized spacial score (nSPS) is 12.8. The van der Waals surface area contributed by atoms with Gasteiger partial charge in [0.15, 0.2) is 11.5 Å². The van der Waals surface area contributed by atoms with Crippen molar-refractivity contribution in [2.75, 3.05) is 18.5 Å². The number of thiophene rings is 1. The first-order chi connectivity index (χ1) is 13.2. The summed E-state index contributed by atoms with van der Waals surface area (Å²) in [5.41, 5.74) is 2.22. The summed E-state index contributed by atoms with van der Waals surface area (Å²) in [6.45, 7) is 5.02. The highest BCUT2D eigenvalue weighted by Gasteiger charge is 2.22. The number of anilines is 1. The maximum Gasteiger partial charge on any atom is 0.256 e. The summed E-state index contributed by atoms with van der Waals surface area (Å²) in [5.74, 6) is 0.956. The highest BCUT2D eigenvalue weighted by Crippen LogP contribution is 2.38. The minimum Gasteiger partial charge on any atom is -0.490 e. The lowest BCUT2D eigenvalue weighted by Gasteiger charge is -2.13. The van der Waals surface area contributed by atoms with Gasteiger partial charge < -0.3 is 14.8 Å². The fourth-order valence-electron chi connectivity index (χ4n) is 3.20. The number of rotatable bonds is 7. The van der Waals surface area contributed by atoms with Crippen LogP contribution in [0.25, 0.3) is 0 Å². The van der Waals surface area contributed by atoms with Gasteiger partial charge in [-0.05, 0) is 62.8 Å². The topological polar surface area (TPSA) is 71.3 Å². The molecule has 0 unspecified atom stereocenters. The molecule has 1 N–H and O–H groups in total. The van der Waals surface area contributed by atoms with Gasteiger partial charge in [-0.15, -0.1) is 11.3 Å². The molecule has 1 amide bonds. The molecule has 1 aliphatic rings. The molecule has 2 aromatic rings. The quantitative estimate of drug-likeness (QED) is 0.734. The van der Waals surface area contributed by atoms with Crippen molar-refractivity contribution in [3.63, 3.8) is 0 Å². The Morgan fingerprint density at radius 1 is 1.22 bits per heavy atom. The third-order valence-corrected chi connectivity index (χ3v) is 5.68. The molecule has 1 aromatic carbocycles. The van der Waals surface area contributed by atoms with Gasteiger partial charge in [-0.3, -0.25) is 4.79 Å². The zero-order valence-electron chi connectivity index (χ0n) is 15.8. The first-order valence-corrected chi connectivity index (χ1v) is 10.2. The molecule has 0 radical (unpaired) electrons. The van der Waals surface area contributed by atoms with Crippen LogP contribution in [0.2, 0.25) is 0 Å². The molecule has 142 valence electrons. The van der Waals surface area contributed by atoms with E-state index in [4.69, 9.17) is 9.47 Å². The van der Waals surface area contributed by atoms with Gasteiger partial charge in [0.25, 0.3) is 5.91 Å². The molecular formula is C21H24N2O3S. The van der Waals surface area contributed by atoms with Gasteiger partial charge in [-0.2, -0.15) is 5.26 Å². The van der Waals surface area contributed by atoms with E-state index in [1.165, 1.54) is 16.2 Å². The summed E-state index contributed by atoms with van der Waals surface area (Å²) in [5, 5.41) is 13.1. The smallest absolute Gasteiger partial charge is 0.256 e. The molecule has 1 aromatic heterocycles. The lowest BCUT2D eigenvalue weighted by molar-refractivity contribution is 0.102. The van der Waals surface area contributed by atoms with E-state index in [1.807, 2.05) is 13.8 Å². The van der Waals surface area contributed by atoms with Crippen LogP contribution in [0.15, 0.2) is 18.2 Å². The summed E-state index contributed by atoms with van der Waals surface area (Å²) in [6.07, 6.45) is 5.05. The molecular weight excluding hydrogens is 360 g/mol. The number of ether oxygens (including phenoxy) is 2. The molecule has 0 spiro atoms. The Bertz CT molecular complexity index is 867. The van der Waals surface area contributed by atoms with Gasteiger partial charge in [0.2, 0.25) is 0 Å². The molecule has 27 heavy (non-hydrogen) atoms. The van der Waals surface area contributed by atoms with Crippen LogP contribution in [0.1, 0.15) is 59.5 Å². The number of hydrogen-bond acceptors (Lipinski definition) is 5. The van der Waals surface area contributed by atoms with Gasteiger partial charge in [0.1, 0.15) is 11.1 Å². The zero-order valence-corrected chi connectivity index (χ0v) is 16.6. The Kier molecular flexibility index (Phi) is 6.36. The third-order valence-electron chi connectivity index (χ3n) is 4.48. The minimum atomic E-state index is -0.243. The molecule has 6 heteroatoms. The molecule has 3 rings (SSSR count). The molecule has 5 nitrogen and oxygen atoms in total. The van der Waals surface area contributed by atoms with Crippen LogP contribution >= 0.6 is 11.3 Å². The van der Waals surface area contributed by atoms with E-state index >= 15 is 0 Å². The van der Waals surface area contributed by atoms with Crippen molar-refractivity contribution >= 4 is 22.2 Å². The Morgan fingerprint density at radius 2 is 2.04 bits per heavy atom. The van der Waals surface area contributed by atoms with E-state index in [0.717, 1.165) is 37.7 Å². The number of nitriles is 1. The predicted octanol–water partition coefficient (Wildman–Crippen LogP) is 4.94. The number of hydrogen-bond donors (Lipinski definition) is 1. The van der Waals surface area contributed by atoms with Crippen LogP contribution in [0.5, 0.6) is 11.5 Å². The zero-order chi connectivity index (χ0) is 19.2. The van der Waals surface area contributed by atoms with Crippen molar-refractivity contribution in [3.05, 3.63) is 39.8 Å². The van der Waals surface area contributed by atoms with E-state index in [0.29, 0.717) is 40.8 Å². The molecule has 1 heterocycles. The average molecular weight is 385 g/mol. The molecule has 0 aliphatic heterocycles. The molecule has 1 aliphatic carbocycles. The SMILES string of the molecule is CCCOc1ccc(C(=O)Nc2sc3c(c2C#N)CCCC3)cc1OCC. The lowest BCUT2D eigenvalue weighted by Crippen LogP contribution is -2.12. The molecule has 0 saturated heterocycles. The van der Waals surface area contributed by atoms with E-state index in [2.05, 4.69) is 11.4 Å². The van der Waals surface area contributed by atoms with Crippen molar-refractivity contribution in [1.29, 1.82) is 5.26 Å². The number of benzene rings is 1. The van der Waals surface area contributed by atoms with Gasteiger partial charge in [0, 0.05) is 10.4 Å². The second-order valence-corrected chi connectivity index (χ2v) is 7.53. The number of aryl methyl sites for hydroxylation is 1. The van der Waals surface area contributed by atoms with Crippen LogP contribution < -0.4 is 14.8 Å². The maximum absolute atomic E-state index is 12.8. The molecule has 0 fully saturated rings. The summed E-state index contributed by atoms with van der Waals surface area (Å²) < 4.78 is 11.3. The molecule has 0 atom stereocenters. The van der Waals surface area contributed by atoms with E-state index in [9.17, 15) is 10.1 Å². The van der Waals surface area contributed by atoms with Crippen molar-refractivity contribution < 1.29 is 14.3 Å². The van der Waals surface area contributed by atoms with Gasteiger partial charge >= 0.3 is 0 Å². The van der Waals surface area contributed by atoms with Crippen molar-refractivity contribution in [3.8, 4) is 17.6 Å². The number of carbonyl (C=O) groups is 1.